The third-order valence-electron chi connectivity index (χ3n) is 7.11. The van der Waals surface area contributed by atoms with Crippen molar-refractivity contribution < 1.29 is 18.8 Å². The third-order valence-corrected chi connectivity index (χ3v) is 7.11. The van der Waals surface area contributed by atoms with Gasteiger partial charge >= 0.3 is 0 Å². The van der Waals surface area contributed by atoms with Crippen molar-refractivity contribution >= 4 is 11.8 Å². The second-order valence-corrected chi connectivity index (χ2v) is 9.43. The van der Waals surface area contributed by atoms with Crippen molar-refractivity contribution in [1.29, 1.82) is 0 Å². The van der Waals surface area contributed by atoms with Crippen LogP contribution in [0.1, 0.15) is 50.0 Å². The standard InChI is InChI=1S/C22H34N4O4/c1-16(2)14-23-21(28)22-6-3-18(25-8-11-29-12-9-25)13-17(22)4-7-26(15-22)20(27)19-5-10-30-24-19/h5,10,16-18H,3-4,6-9,11-15H2,1-2H3,(H,23,28)/t17-,18+,22-/m1/s1. The van der Waals surface area contributed by atoms with Crippen molar-refractivity contribution in [2.75, 3.05) is 45.9 Å². The van der Waals surface area contributed by atoms with Crippen LogP contribution in [0.4, 0.5) is 0 Å². The van der Waals surface area contributed by atoms with Crippen molar-refractivity contribution in [2.45, 2.75) is 45.6 Å². The Morgan fingerprint density at radius 1 is 1.27 bits per heavy atom. The summed E-state index contributed by atoms with van der Waals surface area (Å²) in [7, 11) is 0. The van der Waals surface area contributed by atoms with Crippen LogP contribution in [-0.4, -0.2) is 78.8 Å². The molecule has 3 atom stereocenters. The number of carbonyl (C=O) groups is 2. The Morgan fingerprint density at radius 2 is 2.07 bits per heavy atom. The molecule has 2 amide bonds. The van der Waals surface area contributed by atoms with Crippen LogP contribution in [0, 0.1) is 17.3 Å². The fourth-order valence-electron chi connectivity index (χ4n) is 5.41. The summed E-state index contributed by atoms with van der Waals surface area (Å²) in [6.07, 6.45) is 5.07. The summed E-state index contributed by atoms with van der Waals surface area (Å²) < 4.78 is 10.4. The van der Waals surface area contributed by atoms with Crippen molar-refractivity contribution in [1.82, 2.24) is 20.3 Å². The Hall–Kier alpha value is -1.93. The Morgan fingerprint density at radius 3 is 2.77 bits per heavy atom. The number of aromatic nitrogens is 1. The molecule has 1 aliphatic carbocycles. The first-order valence-corrected chi connectivity index (χ1v) is 11.3. The van der Waals surface area contributed by atoms with Crippen molar-refractivity contribution in [3.05, 3.63) is 18.0 Å². The monoisotopic (exact) mass is 418 g/mol. The molecule has 4 rings (SSSR count). The number of piperidine rings is 1. The second kappa shape index (κ2) is 9.06. The predicted molar refractivity (Wildman–Crippen MR) is 111 cm³/mol. The van der Waals surface area contributed by atoms with Crippen molar-refractivity contribution in [3.8, 4) is 0 Å². The first kappa shape index (κ1) is 21.3. The van der Waals surface area contributed by atoms with Gasteiger partial charge in [0.25, 0.3) is 5.91 Å². The number of rotatable bonds is 5. The van der Waals surface area contributed by atoms with Crippen molar-refractivity contribution in [2.24, 2.45) is 17.3 Å². The number of hydrogen-bond acceptors (Lipinski definition) is 6. The molecule has 0 unspecified atom stereocenters. The molecular weight excluding hydrogens is 384 g/mol. The molecule has 3 aliphatic rings. The molecule has 1 saturated carbocycles. The first-order valence-electron chi connectivity index (χ1n) is 11.3. The Kier molecular flexibility index (Phi) is 6.43. The molecule has 1 aromatic rings. The summed E-state index contributed by atoms with van der Waals surface area (Å²) in [6.45, 7) is 9.52. The fraction of sp³-hybridized carbons (Fsp3) is 0.773. The van der Waals surface area contributed by atoms with E-state index in [-0.39, 0.29) is 17.7 Å². The molecule has 8 heteroatoms. The molecule has 3 fully saturated rings. The molecule has 0 spiro atoms. The van der Waals surface area contributed by atoms with Gasteiger partial charge in [-0.1, -0.05) is 19.0 Å². The summed E-state index contributed by atoms with van der Waals surface area (Å²) in [5.74, 6) is 0.644. The van der Waals surface area contributed by atoms with Crippen LogP contribution in [0.15, 0.2) is 16.9 Å². The van der Waals surface area contributed by atoms with Crippen LogP contribution in [0.2, 0.25) is 0 Å². The zero-order chi connectivity index (χ0) is 21.1. The lowest BCUT2D eigenvalue weighted by Gasteiger charge is -2.53. The quantitative estimate of drug-likeness (QED) is 0.784. The molecule has 2 saturated heterocycles. The summed E-state index contributed by atoms with van der Waals surface area (Å²) in [6, 6.07) is 2.10. The van der Waals surface area contributed by atoms with E-state index in [4.69, 9.17) is 9.26 Å². The minimum atomic E-state index is -0.519. The molecule has 3 heterocycles. The van der Waals surface area contributed by atoms with E-state index in [0.29, 0.717) is 37.3 Å². The van der Waals surface area contributed by atoms with Gasteiger partial charge in [-0.15, -0.1) is 0 Å². The van der Waals surface area contributed by atoms with Crippen LogP contribution in [0.5, 0.6) is 0 Å². The number of morpholine rings is 1. The van der Waals surface area contributed by atoms with Gasteiger partial charge in [-0.25, -0.2) is 0 Å². The van der Waals surface area contributed by atoms with E-state index in [1.54, 1.807) is 11.0 Å². The summed E-state index contributed by atoms with van der Waals surface area (Å²) in [5, 5.41) is 7.00. The number of ether oxygens (including phenoxy) is 1. The molecule has 0 aromatic carbocycles. The van der Waals surface area contributed by atoms with Crippen LogP contribution < -0.4 is 5.32 Å². The summed E-state index contributed by atoms with van der Waals surface area (Å²) in [4.78, 5) is 30.7. The number of fused-ring (bicyclic) bond motifs is 1. The smallest absolute Gasteiger partial charge is 0.276 e. The topological polar surface area (TPSA) is 87.9 Å². The highest BCUT2D eigenvalue weighted by Gasteiger charge is 2.53. The fourth-order valence-corrected chi connectivity index (χ4v) is 5.41. The van der Waals surface area contributed by atoms with Gasteiger partial charge in [-0.3, -0.25) is 14.5 Å². The highest BCUT2D eigenvalue weighted by atomic mass is 16.5. The van der Waals surface area contributed by atoms with Crippen LogP contribution >= 0.6 is 0 Å². The zero-order valence-electron chi connectivity index (χ0n) is 18.1. The molecule has 30 heavy (non-hydrogen) atoms. The minimum Gasteiger partial charge on any atom is -0.379 e. The van der Waals surface area contributed by atoms with Crippen molar-refractivity contribution in [3.63, 3.8) is 0 Å². The van der Waals surface area contributed by atoms with E-state index in [9.17, 15) is 9.59 Å². The Labute approximate surface area is 178 Å². The van der Waals surface area contributed by atoms with E-state index in [0.717, 1.165) is 52.0 Å². The maximum atomic E-state index is 13.5. The van der Waals surface area contributed by atoms with E-state index in [1.165, 1.54) is 6.26 Å². The molecule has 0 radical (unpaired) electrons. The SMILES string of the molecule is CC(C)CNC(=O)[C@@]12CC[C@H](N3CCOCC3)C[C@H]1CCN(C(=O)c1ccon1)C2. The lowest BCUT2D eigenvalue weighted by molar-refractivity contribution is -0.143. The van der Waals surface area contributed by atoms with Gasteiger partial charge in [0, 0.05) is 44.8 Å². The largest absolute Gasteiger partial charge is 0.379 e. The lowest BCUT2D eigenvalue weighted by Crippen LogP contribution is -2.61. The van der Waals surface area contributed by atoms with Gasteiger partial charge in [0.2, 0.25) is 5.91 Å². The maximum absolute atomic E-state index is 13.5. The molecule has 166 valence electrons. The molecular formula is C22H34N4O4. The highest BCUT2D eigenvalue weighted by Crippen LogP contribution is 2.48. The van der Waals surface area contributed by atoms with Crippen LogP contribution in [-0.2, 0) is 9.53 Å². The van der Waals surface area contributed by atoms with Crippen LogP contribution in [0.25, 0.3) is 0 Å². The Bertz CT molecular complexity index is 732. The summed E-state index contributed by atoms with van der Waals surface area (Å²) >= 11 is 0. The highest BCUT2D eigenvalue weighted by molar-refractivity contribution is 5.93. The number of likely N-dealkylation sites (tertiary alicyclic amines) is 1. The van der Waals surface area contributed by atoms with E-state index < -0.39 is 5.41 Å². The number of amides is 2. The van der Waals surface area contributed by atoms with E-state index in [2.05, 4.69) is 29.2 Å². The Balaban J connectivity index is 1.52. The lowest BCUT2D eigenvalue weighted by atomic mass is 9.60. The first-order chi connectivity index (χ1) is 14.5. The zero-order valence-corrected chi connectivity index (χ0v) is 18.1. The number of nitrogens with zero attached hydrogens (tertiary/aromatic N) is 3. The predicted octanol–water partition coefficient (Wildman–Crippen LogP) is 1.78. The van der Waals surface area contributed by atoms with E-state index >= 15 is 0 Å². The molecule has 0 bridgehead atoms. The normalized spacial score (nSPS) is 30.2. The number of hydrogen-bond donors (Lipinski definition) is 1. The maximum Gasteiger partial charge on any atom is 0.276 e. The summed E-state index contributed by atoms with van der Waals surface area (Å²) in [5.41, 5.74) is -0.205. The van der Waals surface area contributed by atoms with E-state index in [1.807, 2.05) is 0 Å². The average Bonchev–Trinajstić information content (AvgIpc) is 3.31. The second-order valence-electron chi connectivity index (χ2n) is 9.43. The van der Waals surface area contributed by atoms with Gasteiger partial charge in [0.15, 0.2) is 5.69 Å². The molecule has 2 aliphatic heterocycles. The molecule has 8 nitrogen and oxygen atoms in total. The van der Waals surface area contributed by atoms with Gasteiger partial charge < -0.3 is 19.5 Å². The molecule has 1 N–H and O–H groups in total. The number of carbonyl (C=O) groups excluding carboxylic acids is 2. The molecule has 1 aromatic heterocycles. The average molecular weight is 419 g/mol. The number of nitrogens with one attached hydrogen (secondary N) is 1. The van der Waals surface area contributed by atoms with Gasteiger partial charge in [0.1, 0.15) is 6.26 Å². The minimum absolute atomic E-state index is 0.110. The van der Waals surface area contributed by atoms with Gasteiger partial charge in [0.05, 0.1) is 18.6 Å². The van der Waals surface area contributed by atoms with Gasteiger partial charge in [-0.05, 0) is 37.5 Å². The van der Waals surface area contributed by atoms with Crippen LogP contribution in [0.3, 0.4) is 0 Å². The van der Waals surface area contributed by atoms with Gasteiger partial charge in [-0.2, -0.15) is 0 Å². The third kappa shape index (κ3) is 4.25.